The summed E-state index contributed by atoms with van der Waals surface area (Å²) in [7, 11) is -4.10. The highest BCUT2D eigenvalue weighted by atomic mass is 35.5. The first-order valence-corrected chi connectivity index (χ1v) is 14.4. The van der Waals surface area contributed by atoms with Gasteiger partial charge in [0.2, 0.25) is 5.91 Å². The first kappa shape index (κ1) is 27.3. The molecule has 3 aromatic rings. The number of hydrogen-bond acceptors (Lipinski definition) is 4. The Balaban J connectivity index is 1.68. The topological polar surface area (TPSA) is 75.7 Å². The zero-order chi connectivity index (χ0) is 26.8. The highest BCUT2D eigenvalue weighted by Crippen LogP contribution is 2.42. The summed E-state index contributed by atoms with van der Waals surface area (Å²) in [5, 5.41) is 3.60. The first-order chi connectivity index (χ1) is 17.6. The molecule has 3 aromatic carbocycles. The SMILES string of the molecule is CCC1(CC)C[C@@H](NC(=O)CN(c2cc(Cl)cc(Cl)c2)S(=O)(=O)c2ccc(C)cc2)c2ccccc2O1. The summed E-state index contributed by atoms with van der Waals surface area (Å²) in [4.78, 5) is 13.5. The van der Waals surface area contributed by atoms with Crippen LogP contribution in [0.25, 0.3) is 0 Å². The van der Waals surface area contributed by atoms with Crippen molar-refractivity contribution >= 4 is 44.8 Å². The number of fused-ring (bicyclic) bond motifs is 1. The van der Waals surface area contributed by atoms with Gasteiger partial charge in [0.15, 0.2) is 0 Å². The van der Waals surface area contributed by atoms with Crippen LogP contribution < -0.4 is 14.4 Å². The van der Waals surface area contributed by atoms with Crippen LogP contribution in [0.2, 0.25) is 10.0 Å². The Morgan fingerprint density at radius 1 is 1.03 bits per heavy atom. The van der Waals surface area contributed by atoms with E-state index in [0.717, 1.165) is 34.0 Å². The van der Waals surface area contributed by atoms with Crippen molar-refractivity contribution in [2.45, 2.75) is 56.6 Å². The van der Waals surface area contributed by atoms with E-state index in [1.807, 2.05) is 31.2 Å². The summed E-state index contributed by atoms with van der Waals surface area (Å²) in [5.41, 5.74) is 1.58. The zero-order valence-electron chi connectivity index (χ0n) is 21.0. The van der Waals surface area contributed by atoms with Crippen LogP contribution in [-0.4, -0.2) is 26.5 Å². The molecule has 1 amide bonds. The van der Waals surface area contributed by atoms with Crippen LogP contribution in [0.15, 0.2) is 71.6 Å². The van der Waals surface area contributed by atoms with Gasteiger partial charge in [-0.25, -0.2) is 8.42 Å². The number of anilines is 1. The molecule has 1 aliphatic heterocycles. The van der Waals surface area contributed by atoms with Gasteiger partial charge in [-0.2, -0.15) is 0 Å². The molecule has 0 unspecified atom stereocenters. The quantitative estimate of drug-likeness (QED) is 0.332. The smallest absolute Gasteiger partial charge is 0.264 e. The summed E-state index contributed by atoms with van der Waals surface area (Å²) in [5.74, 6) is 0.281. The molecule has 0 bridgehead atoms. The summed E-state index contributed by atoms with van der Waals surface area (Å²) in [6.45, 7) is 5.55. The molecule has 0 spiro atoms. The minimum absolute atomic E-state index is 0.0643. The number of para-hydroxylation sites is 1. The number of carbonyl (C=O) groups excluding carboxylic acids is 1. The van der Waals surface area contributed by atoms with E-state index in [9.17, 15) is 13.2 Å². The van der Waals surface area contributed by atoms with E-state index in [4.69, 9.17) is 27.9 Å². The Hall–Kier alpha value is -2.74. The van der Waals surface area contributed by atoms with Crippen molar-refractivity contribution in [3.05, 3.63) is 87.9 Å². The molecule has 9 heteroatoms. The fourth-order valence-corrected chi connectivity index (χ4v) is 6.56. The Morgan fingerprint density at radius 3 is 2.27 bits per heavy atom. The molecule has 0 saturated heterocycles. The van der Waals surface area contributed by atoms with Gasteiger partial charge in [0.05, 0.1) is 16.6 Å². The molecule has 1 atom stereocenters. The molecule has 196 valence electrons. The molecule has 4 rings (SSSR count). The van der Waals surface area contributed by atoms with Crippen LogP contribution in [0.1, 0.15) is 50.3 Å². The van der Waals surface area contributed by atoms with Crippen LogP contribution in [0.3, 0.4) is 0 Å². The van der Waals surface area contributed by atoms with Gasteiger partial charge in [-0.05, 0) is 56.2 Å². The van der Waals surface area contributed by atoms with Crippen molar-refractivity contribution in [1.29, 1.82) is 0 Å². The van der Waals surface area contributed by atoms with Gasteiger partial charge < -0.3 is 10.1 Å². The maximum atomic E-state index is 13.7. The van der Waals surface area contributed by atoms with Crippen molar-refractivity contribution in [2.24, 2.45) is 0 Å². The lowest BCUT2D eigenvalue weighted by atomic mass is 9.83. The lowest BCUT2D eigenvalue weighted by Crippen LogP contribution is -2.47. The van der Waals surface area contributed by atoms with Gasteiger partial charge in [0.25, 0.3) is 10.0 Å². The maximum Gasteiger partial charge on any atom is 0.264 e. The molecule has 0 aliphatic carbocycles. The molecule has 1 aliphatic rings. The molecule has 0 fully saturated rings. The molecule has 6 nitrogen and oxygen atoms in total. The number of carbonyl (C=O) groups is 1. The molecular formula is C28H30Cl2N2O4S. The lowest BCUT2D eigenvalue weighted by molar-refractivity contribution is -0.121. The fourth-order valence-electron chi connectivity index (χ4n) is 4.64. The molecule has 1 N–H and O–H groups in total. The number of aryl methyl sites for hydroxylation is 1. The summed E-state index contributed by atoms with van der Waals surface area (Å²) < 4.78 is 34.8. The third-order valence-corrected chi connectivity index (χ3v) is 9.08. The Bertz CT molecular complexity index is 1370. The minimum atomic E-state index is -4.10. The molecule has 37 heavy (non-hydrogen) atoms. The number of amides is 1. The van der Waals surface area contributed by atoms with Crippen molar-refractivity contribution in [2.75, 3.05) is 10.8 Å². The predicted octanol–water partition coefficient (Wildman–Crippen LogP) is 6.70. The van der Waals surface area contributed by atoms with Crippen LogP contribution in [0, 0.1) is 6.92 Å². The van der Waals surface area contributed by atoms with Crippen molar-refractivity contribution in [3.63, 3.8) is 0 Å². The van der Waals surface area contributed by atoms with E-state index in [-0.39, 0.29) is 26.7 Å². The Morgan fingerprint density at radius 2 is 1.65 bits per heavy atom. The second kappa shape index (κ2) is 10.9. The van der Waals surface area contributed by atoms with Crippen LogP contribution >= 0.6 is 23.2 Å². The van der Waals surface area contributed by atoms with Gasteiger partial charge >= 0.3 is 0 Å². The van der Waals surface area contributed by atoms with Gasteiger partial charge in [-0.3, -0.25) is 9.10 Å². The molecule has 0 radical (unpaired) electrons. The van der Waals surface area contributed by atoms with E-state index < -0.39 is 28.1 Å². The highest BCUT2D eigenvalue weighted by molar-refractivity contribution is 7.92. The number of sulfonamides is 1. The number of nitrogens with zero attached hydrogens (tertiary/aromatic N) is 1. The third kappa shape index (κ3) is 5.89. The Kier molecular flexibility index (Phi) is 8.07. The number of nitrogens with one attached hydrogen (secondary N) is 1. The monoisotopic (exact) mass is 560 g/mol. The second-order valence-corrected chi connectivity index (χ2v) is 12.0. The number of hydrogen-bond donors (Lipinski definition) is 1. The van der Waals surface area contributed by atoms with Crippen LogP contribution in [0.4, 0.5) is 5.69 Å². The normalized spacial score (nSPS) is 16.4. The highest BCUT2D eigenvalue weighted by Gasteiger charge is 2.39. The second-order valence-electron chi connectivity index (χ2n) is 9.31. The van der Waals surface area contributed by atoms with E-state index in [2.05, 4.69) is 19.2 Å². The van der Waals surface area contributed by atoms with Crippen LogP contribution in [-0.2, 0) is 14.8 Å². The van der Waals surface area contributed by atoms with Gasteiger partial charge in [0.1, 0.15) is 17.9 Å². The molecule has 0 saturated carbocycles. The summed E-state index contributed by atoms with van der Waals surface area (Å²) in [6, 6.07) is 18.2. The van der Waals surface area contributed by atoms with Gasteiger partial charge in [-0.1, -0.05) is 72.9 Å². The van der Waals surface area contributed by atoms with E-state index in [0.29, 0.717) is 6.42 Å². The third-order valence-electron chi connectivity index (χ3n) is 6.85. The van der Waals surface area contributed by atoms with Gasteiger partial charge in [0, 0.05) is 22.0 Å². The number of rotatable bonds is 8. The maximum absolute atomic E-state index is 13.7. The van der Waals surface area contributed by atoms with Crippen molar-refractivity contribution in [3.8, 4) is 5.75 Å². The number of benzene rings is 3. The van der Waals surface area contributed by atoms with E-state index in [1.54, 1.807) is 12.1 Å². The van der Waals surface area contributed by atoms with Gasteiger partial charge in [-0.15, -0.1) is 0 Å². The summed E-state index contributed by atoms with van der Waals surface area (Å²) >= 11 is 12.4. The predicted molar refractivity (Wildman–Crippen MR) is 148 cm³/mol. The fraction of sp³-hybridized carbons (Fsp3) is 0.321. The minimum Gasteiger partial charge on any atom is -0.487 e. The molecule has 1 heterocycles. The van der Waals surface area contributed by atoms with Crippen molar-refractivity contribution < 1.29 is 17.9 Å². The number of ether oxygens (including phenoxy) is 1. The molecular weight excluding hydrogens is 531 g/mol. The zero-order valence-corrected chi connectivity index (χ0v) is 23.3. The number of halogens is 2. The van der Waals surface area contributed by atoms with E-state index in [1.165, 1.54) is 30.3 Å². The average molecular weight is 562 g/mol. The largest absolute Gasteiger partial charge is 0.487 e. The average Bonchev–Trinajstić information content (AvgIpc) is 2.86. The standard InChI is InChI=1S/C28H30Cl2N2O4S/c1-4-28(5-2)17-25(24-8-6-7-9-26(24)36-28)31-27(33)18-32(22-15-20(29)14-21(30)16-22)37(34,35)23-12-10-19(3)11-13-23/h6-16,25H,4-5,17-18H2,1-3H3,(H,31,33)/t25-/m1/s1. The van der Waals surface area contributed by atoms with Crippen molar-refractivity contribution in [1.82, 2.24) is 5.32 Å². The lowest BCUT2D eigenvalue weighted by Gasteiger charge is -2.41. The Labute approximate surface area is 228 Å². The first-order valence-electron chi connectivity index (χ1n) is 12.2. The molecule has 0 aromatic heterocycles. The summed E-state index contributed by atoms with van der Waals surface area (Å²) in [6.07, 6.45) is 2.13. The van der Waals surface area contributed by atoms with E-state index >= 15 is 0 Å². The van der Waals surface area contributed by atoms with Crippen LogP contribution in [0.5, 0.6) is 5.75 Å².